The van der Waals surface area contributed by atoms with Gasteiger partial charge in [0.1, 0.15) is 0 Å². The fraction of sp³-hybridized carbons (Fsp3) is 0.476. The lowest BCUT2D eigenvalue weighted by molar-refractivity contribution is -0.122. The van der Waals surface area contributed by atoms with Crippen LogP contribution in [-0.2, 0) is 16.1 Å². The number of likely N-dealkylation sites (tertiary alicyclic amines) is 1. The number of amides is 2. The first-order valence-electron chi connectivity index (χ1n) is 10.0. The molecule has 2 aromatic rings. The van der Waals surface area contributed by atoms with E-state index in [2.05, 4.69) is 22.1 Å². The molecule has 154 valence electrons. The van der Waals surface area contributed by atoms with Crippen molar-refractivity contribution in [2.75, 3.05) is 29.9 Å². The number of halogens is 1. The summed E-state index contributed by atoms with van der Waals surface area (Å²) in [5.74, 6) is 0.142. The Bertz CT molecular complexity index is 894. The number of rotatable bonds is 5. The van der Waals surface area contributed by atoms with Crippen molar-refractivity contribution in [3.8, 4) is 0 Å². The summed E-state index contributed by atoms with van der Waals surface area (Å²) in [6, 6.07) is 7.20. The number of aromatic nitrogens is 1. The number of nitrogens with zero attached hydrogens (tertiary/aromatic N) is 3. The first kappa shape index (κ1) is 20.3. The predicted octanol–water partition coefficient (Wildman–Crippen LogP) is 4.02. The molecule has 1 unspecified atom stereocenters. The zero-order valence-corrected chi connectivity index (χ0v) is 18.0. The van der Waals surface area contributed by atoms with Gasteiger partial charge in [-0.2, -0.15) is 0 Å². The maximum atomic E-state index is 12.7. The van der Waals surface area contributed by atoms with Crippen LogP contribution in [0.3, 0.4) is 0 Å². The minimum Gasteiger partial charge on any atom is -0.310 e. The molecule has 2 aliphatic rings. The highest BCUT2D eigenvalue weighted by Gasteiger charge is 2.36. The summed E-state index contributed by atoms with van der Waals surface area (Å²) in [7, 11) is 0. The Hall–Kier alpha value is -1.96. The molecule has 1 atom stereocenters. The molecule has 2 amide bonds. The van der Waals surface area contributed by atoms with Crippen LogP contribution in [0, 0.1) is 11.8 Å². The van der Waals surface area contributed by atoms with Gasteiger partial charge in [-0.1, -0.05) is 30.7 Å². The van der Waals surface area contributed by atoms with Crippen LogP contribution in [-0.4, -0.2) is 41.3 Å². The average Bonchev–Trinajstić information content (AvgIpc) is 3.30. The molecule has 2 fully saturated rings. The summed E-state index contributed by atoms with van der Waals surface area (Å²) in [5.41, 5.74) is 1.64. The van der Waals surface area contributed by atoms with Crippen molar-refractivity contribution in [2.45, 2.75) is 32.7 Å². The number of carbonyl (C=O) groups is 2. The van der Waals surface area contributed by atoms with Crippen molar-refractivity contribution in [1.82, 2.24) is 9.88 Å². The predicted molar refractivity (Wildman–Crippen MR) is 116 cm³/mol. The maximum Gasteiger partial charge on any atom is 0.231 e. The monoisotopic (exact) mass is 432 g/mol. The van der Waals surface area contributed by atoms with Crippen molar-refractivity contribution in [3.05, 3.63) is 40.4 Å². The van der Waals surface area contributed by atoms with E-state index >= 15 is 0 Å². The lowest BCUT2D eigenvalue weighted by atomic mass is 9.99. The largest absolute Gasteiger partial charge is 0.310 e. The molecule has 2 aliphatic heterocycles. The molecule has 0 bridgehead atoms. The molecule has 0 spiro atoms. The van der Waals surface area contributed by atoms with Crippen LogP contribution >= 0.6 is 22.9 Å². The number of anilines is 2. The second-order valence-electron chi connectivity index (χ2n) is 7.95. The Morgan fingerprint density at radius 1 is 1.31 bits per heavy atom. The van der Waals surface area contributed by atoms with Crippen molar-refractivity contribution in [1.29, 1.82) is 0 Å². The minimum absolute atomic E-state index is 0.0857. The van der Waals surface area contributed by atoms with E-state index in [0.717, 1.165) is 31.2 Å². The maximum absolute atomic E-state index is 12.7. The van der Waals surface area contributed by atoms with E-state index in [1.54, 1.807) is 17.0 Å². The van der Waals surface area contributed by atoms with Gasteiger partial charge in [0, 0.05) is 24.9 Å². The number of benzene rings is 1. The van der Waals surface area contributed by atoms with E-state index in [1.165, 1.54) is 24.2 Å². The molecule has 8 heteroatoms. The quantitative estimate of drug-likeness (QED) is 0.774. The Labute approximate surface area is 179 Å². The number of carbonyl (C=O) groups excluding carboxylic acids is 2. The SMILES string of the molecule is CC1CCN(Cc2csc(NC(=O)C3CC(=O)N(c4ccccc4Cl)C3)n2)CC1. The molecule has 4 rings (SSSR count). The summed E-state index contributed by atoms with van der Waals surface area (Å²) in [5, 5.41) is 6.01. The van der Waals surface area contributed by atoms with Gasteiger partial charge in [-0.3, -0.25) is 14.5 Å². The van der Waals surface area contributed by atoms with Gasteiger partial charge in [0.05, 0.1) is 22.3 Å². The highest BCUT2D eigenvalue weighted by molar-refractivity contribution is 7.13. The lowest BCUT2D eigenvalue weighted by Gasteiger charge is -2.29. The minimum atomic E-state index is -0.408. The normalized spacial score (nSPS) is 21.0. The molecule has 1 aromatic carbocycles. The fourth-order valence-corrected chi connectivity index (χ4v) is 4.82. The highest BCUT2D eigenvalue weighted by atomic mass is 35.5. The average molecular weight is 433 g/mol. The van der Waals surface area contributed by atoms with E-state index in [-0.39, 0.29) is 18.2 Å². The van der Waals surface area contributed by atoms with Crippen molar-refractivity contribution < 1.29 is 9.59 Å². The van der Waals surface area contributed by atoms with Gasteiger partial charge in [-0.15, -0.1) is 11.3 Å². The van der Waals surface area contributed by atoms with Gasteiger partial charge in [-0.05, 0) is 44.0 Å². The summed E-state index contributed by atoms with van der Waals surface area (Å²) < 4.78 is 0. The second kappa shape index (κ2) is 8.81. The molecule has 0 radical (unpaired) electrons. The first-order chi connectivity index (χ1) is 14.0. The second-order valence-corrected chi connectivity index (χ2v) is 9.21. The van der Waals surface area contributed by atoms with Crippen molar-refractivity contribution in [2.24, 2.45) is 11.8 Å². The zero-order valence-electron chi connectivity index (χ0n) is 16.4. The summed E-state index contributed by atoms with van der Waals surface area (Å²) in [6.45, 7) is 5.65. The topological polar surface area (TPSA) is 65.5 Å². The van der Waals surface area contributed by atoms with E-state index in [4.69, 9.17) is 11.6 Å². The number of hydrogen-bond donors (Lipinski definition) is 1. The third kappa shape index (κ3) is 4.79. The lowest BCUT2D eigenvalue weighted by Crippen LogP contribution is -2.32. The molecule has 1 N–H and O–H groups in total. The van der Waals surface area contributed by atoms with Crippen LogP contribution in [0.25, 0.3) is 0 Å². The molecule has 6 nitrogen and oxygen atoms in total. The number of nitrogens with one attached hydrogen (secondary N) is 1. The number of piperidine rings is 1. The van der Waals surface area contributed by atoms with Crippen LogP contribution in [0.2, 0.25) is 5.02 Å². The van der Waals surface area contributed by atoms with E-state index in [9.17, 15) is 9.59 Å². The Kier molecular flexibility index (Phi) is 6.18. The van der Waals surface area contributed by atoms with E-state index < -0.39 is 5.92 Å². The molecule has 2 saturated heterocycles. The summed E-state index contributed by atoms with van der Waals surface area (Å²) >= 11 is 7.65. The van der Waals surface area contributed by atoms with Crippen molar-refractivity contribution in [3.63, 3.8) is 0 Å². The standard InChI is InChI=1S/C21H25ClN4O2S/c1-14-6-8-25(9-7-14)12-16-13-29-21(23-16)24-20(28)15-10-19(27)26(11-15)18-5-3-2-4-17(18)22/h2-5,13-15H,6-12H2,1H3,(H,23,24,28). The van der Waals surface area contributed by atoms with Gasteiger partial charge >= 0.3 is 0 Å². The van der Waals surface area contributed by atoms with Gasteiger partial charge < -0.3 is 10.2 Å². The van der Waals surface area contributed by atoms with Crippen LogP contribution in [0.4, 0.5) is 10.8 Å². The zero-order chi connectivity index (χ0) is 20.4. The molecular weight excluding hydrogens is 408 g/mol. The summed E-state index contributed by atoms with van der Waals surface area (Å²) in [6.07, 6.45) is 2.64. The molecule has 0 saturated carbocycles. The molecule has 29 heavy (non-hydrogen) atoms. The van der Waals surface area contributed by atoms with Gasteiger partial charge in [0.25, 0.3) is 0 Å². The van der Waals surface area contributed by atoms with E-state index in [1.807, 2.05) is 17.5 Å². The van der Waals surface area contributed by atoms with Crippen LogP contribution < -0.4 is 10.2 Å². The smallest absolute Gasteiger partial charge is 0.231 e. The van der Waals surface area contributed by atoms with E-state index in [0.29, 0.717) is 22.4 Å². The number of thiazole rings is 1. The molecule has 3 heterocycles. The molecule has 0 aliphatic carbocycles. The Balaban J connectivity index is 1.34. The van der Waals surface area contributed by atoms with Crippen LogP contribution in [0.15, 0.2) is 29.6 Å². The van der Waals surface area contributed by atoms with Crippen molar-refractivity contribution >= 4 is 45.6 Å². The highest BCUT2D eigenvalue weighted by Crippen LogP contribution is 2.31. The Morgan fingerprint density at radius 2 is 2.07 bits per heavy atom. The third-order valence-electron chi connectivity index (χ3n) is 5.68. The summed E-state index contributed by atoms with van der Waals surface area (Å²) in [4.78, 5) is 33.7. The van der Waals surface area contributed by atoms with Crippen LogP contribution in [0.1, 0.15) is 31.9 Å². The van der Waals surface area contributed by atoms with Gasteiger partial charge in [-0.25, -0.2) is 4.98 Å². The number of para-hydroxylation sites is 1. The molecule has 1 aromatic heterocycles. The van der Waals surface area contributed by atoms with Gasteiger partial charge in [0.15, 0.2) is 5.13 Å². The van der Waals surface area contributed by atoms with Gasteiger partial charge in [0.2, 0.25) is 11.8 Å². The first-order valence-corrected chi connectivity index (χ1v) is 11.3. The van der Waals surface area contributed by atoms with Crippen LogP contribution in [0.5, 0.6) is 0 Å². The third-order valence-corrected chi connectivity index (χ3v) is 6.81. The fourth-order valence-electron chi connectivity index (χ4n) is 3.88. The molecular formula is C21H25ClN4O2S. The number of hydrogen-bond acceptors (Lipinski definition) is 5. The Morgan fingerprint density at radius 3 is 2.83 bits per heavy atom.